The molecular weight excluding hydrogens is 316 g/mol. The molecule has 4 nitrogen and oxygen atoms in total. The molecule has 0 aliphatic heterocycles. The van der Waals surface area contributed by atoms with Crippen molar-refractivity contribution in [3.8, 4) is 0 Å². The van der Waals surface area contributed by atoms with Crippen LogP contribution in [0, 0.1) is 0 Å². The quantitative estimate of drug-likeness (QED) is 0.177. The molecule has 0 aliphatic rings. The van der Waals surface area contributed by atoms with Gasteiger partial charge < -0.3 is 9.47 Å². The Bertz CT molecular complexity index is 534. The van der Waals surface area contributed by atoms with Crippen molar-refractivity contribution in [2.75, 3.05) is 13.7 Å². The van der Waals surface area contributed by atoms with Crippen LogP contribution in [0.15, 0.2) is 35.9 Å². The van der Waals surface area contributed by atoms with Crippen molar-refractivity contribution in [1.29, 1.82) is 0 Å². The second-order valence-electron chi connectivity index (χ2n) is 6.07. The number of carbonyl (C=O) groups is 2. The molecule has 0 amide bonds. The Hall–Kier alpha value is -2.10. The summed E-state index contributed by atoms with van der Waals surface area (Å²) in [6.07, 6.45) is 10.9. The van der Waals surface area contributed by atoms with Gasteiger partial charge in [0.2, 0.25) is 0 Å². The summed E-state index contributed by atoms with van der Waals surface area (Å²) in [5, 5.41) is 0. The van der Waals surface area contributed by atoms with E-state index in [9.17, 15) is 9.59 Å². The molecule has 0 atom stereocenters. The Kier molecular flexibility index (Phi) is 11.1. The number of methoxy groups -OCH3 is 1. The standard InChI is InChI=1S/C21H30O4/c1-3-4-5-6-7-8-9-13-16-25-21(23)19(20(22)24-2)17-18-14-11-10-12-15-18/h10-12,14-15,17H,3-9,13,16H2,1-2H3. The topological polar surface area (TPSA) is 52.6 Å². The number of unbranched alkanes of at least 4 members (excludes halogenated alkanes) is 7. The van der Waals surface area contributed by atoms with Gasteiger partial charge in [0.05, 0.1) is 13.7 Å². The minimum Gasteiger partial charge on any atom is -0.465 e. The van der Waals surface area contributed by atoms with Crippen molar-refractivity contribution < 1.29 is 19.1 Å². The average Bonchev–Trinajstić information content (AvgIpc) is 2.64. The van der Waals surface area contributed by atoms with Crippen LogP contribution in [0.1, 0.15) is 63.9 Å². The van der Waals surface area contributed by atoms with Crippen LogP contribution < -0.4 is 0 Å². The van der Waals surface area contributed by atoms with Crippen LogP contribution >= 0.6 is 0 Å². The zero-order valence-corrected chi connectivity index (χ0v) is 15.5. The highest BCUT2D eigenvalue weighted by Crippen LogP contribution is 2.11. The third-order valence-corrected chi connectivity index (χ3v) is 3.97. The molecule has 1 aromatic rings. The van der Waals surface area contributed by atoms with Gasteiger partial charge >= 0.3 is 11.9 Å². The second kappa shape index (κ2) is 13.2. The van der Waals surface area contributed by atoms with E-state index in [-0.39, 0.29) is 5.57 Å². The number of carbonyl (C=O) groups excluding carboxylic acids is 2. The molecule has 1 aromatic carbocycles. The van der Waals surface area contributed by atoms with Crippen molar-refractivity contribution in [2.45, 2.75) is 58.3 Å². The summed E-state index contributed by atoms with van der Waals surface area (Å²) < 4.78 is 9.93. The molecule has 25 heavy (non-hydrogen) atoms. The normalized spacial score (nSPS) is 11.2. The van der Waals surface area contributed by atoms with Gasteiger partial charge in [0, 0.05) is 0 Å². The van der Waals surface area contributed by atoms with Gasteiger partial charge in [0.1, 0.15) is 5.57 Å². The maximum Gasteiger partial charge on any atom is 0.345 e. The molecule has 0 N–H and O–H groups in total. The smallest absolute Gasteiger partial charge is 0.345 e. The Morgan fingerprint density at radius 1 is 0.880 bits per heavy atom. The van der Waals surface area contributed by atoms with Crippen LogP contribution in [-0.2, 0) is 19.1 Å². The van der Waals surface area contributed by atoms with E-state index in [1.54, 1.807) is 0 Å². The fourth-order valence-electron chi connectivity index (χ4n) is 2.51. The third kappa shape index (κ3) is 9.08. The van der Waals surface area contributed by atoms with Gasteiger partial charge in [-0.05, 0) is 18.1 Å². The van der Waals surface area contributed by atoms with E-state index >= 15 is 0 Å². The highest BCUT2D eigenvalue weighted by molar-refractivity contribution is 6.17. The lowest BCUT2D eigenvalue weighted by Gasteiger charge is -2.07. The molecule has 0 aromatic heterocycles. The Morgan fingerprint density at radius 3 is 2.08 bits per heavy atom. The molecule has 0 spiro atoms. The van der Waals surface area contributed by atoms with Crippen molar-refractivity contribution in [1.82, 2.24) is 0 Å². The number of rotatable bonds is 12. The summed E-state index contributed by atoms with van der Waals surface area (Å²) >= 11 is 0. The molecule has 0 bridgehead atoms. The van der Waals surface area contributed by atoms with Gasteiger partial charge in [-0.2, -0.15) is 0 Å². The Balaban J connectivity index is 2.36. The van der Waals surface area contributed by atoms with Crippen molar-refractivity contribution in [2.24, 2.45) is 0 Å². The van der Waals surface area contributed by atoms with Gasteiger partial charge in [0.15, 0.2) is 0 Å². The monoisotopic (exact) mass is 346 g/mol. The second-order valence-corrected chi connectivity index (χ2v) is 6.07. The van der Waals surface area contributed by atoms with Crippen LogP contribution in [0.25, 0.3) is 6.08 Å². The molecule has 0 saturated heterocycles. The summed E-state index contributed by atoms with van der Waals surface area (Å²) in [6, 6.07) is 9.18. The summed E-state index contributed by atoms with van der Waals surface area (Å²) in [4.78, 5) is 24.0. The molecule has 4 heteroatoms. The lowest BCUT2D eigenvalue weighted by Crippen LogP contribution is -2.17. The zero-order chi connectivity index (χ0) is 18.3. The SMILES string of the molecule is CCCCCCCCCCOC(=O)C(=Cc1ccccc1)C(=O)OC. The molecule has 138 valence electrons. The lowest BCUT2D eigenvalue weighted by atomic mass is 10.1. The van der Waals surface area contributed by atoms with E-state index < -0.39 is 11.9 Å². The minimum absolute atomic E-state index is 0.0757. The first kappa shape index (κ1) is 20.9. The van der Waals surface area contributed by atoms with Gasteiger partial charge in [0.25, 0.3) is 0 Å². The molecule has 0 heterocycles. The number of hydrogen-bond donors (Lipinski definition) is 0. The van der Waals surface area contributed by atoms with Gasteiger partial charge in [-0.15, -0.1) is 0 Å². The number of benzene rings is 1. The van der Waals surface area contributed by atoms with Gasteiger partial charge in [-0.1, -0.05) is 82.2 Å². The van der Waals surface area contributed by atoms with Crippen LogP contribution in [0.5, 0.6) is 0 Å². The molecule has 0 saturated carbocycles. The van der Waals surface area contributed by atoms with Crippen LogP contribution in [0.2, 0.25) is 0 Å². The van der Waals surface area contributed by atoms with Crippen LogP contribution in [0.4, 0.5) is 0 Å². The van der Waals surface area contributed by atoms with Crippen LogP contribution in [-0.4, -0.2) is 25.7 Å². The first-order chi connectivity index (χ1) is 12.2. The summed E-state index contributed by atoms with van der Waals surface area (Å²) in [6.45, 7) is 2.54. The zero-order valence-electron chi connectivity index (χ0n) is 15.5. The molecule has 0 aliphatic carbocycles. The molecular formula is C21H30O4. The fraction of sp³-hybridized carbons (Fsp3) is 0.524. The van der Waals surface area contributed by atoms with Gasteiger partial charge in [-0.3, -0.25) is 0 Å². The summed E-state index contributed by atoms with van der Waals surface area (Å²) in [7, 11) is 1.26. The minimum atomic E-state index is -0.676. The highest BCUT2D eigenvalue weighted by atomic mass is 16.5. The third-order valence-electron chi connectivity index (χ3n) is 3.97. The largest absolute Gasteiger partial charge is 0.465 e. The Morgan fingerprint density at radius 2 is 1.48 bits per heavy atom. The van der Waals surface area contributed by atoms with Crippen molar-refractivity contribution in [3.63, 3.8) is 0 Å². The maximum atomic E-state index is 12.2. The number of hydrogen-bond acceptors (Lipinski definition) is 4. The first-order valence-electron chi connectivity index (χ1n) is 9.21. The van der Waals surface area contributed by atoms with E-state index in [1.807, 2.05) is 30.3 Å². The first-order valence-corrected chi connectivity index (χ1v) is 9.21. The van der Waals surface area contributed by atoms with E-state index in [0.717, 1.165) is 24.8 Å². The molecule has 1 rings (SSSR count). The van der Waals surface area contributed by atoms with E-state index in [2.05, 4.69) is 11.7 Å². The lowest BCUT2D eigenvalue weighted by molar-refractivity contribution is -0.145. The number of ether oxygens (including phenoxy) is 2. The van der Waals surface area contributed by atoms with Crippen molar-refractivity contribution in [3.05, 3.63) is 41.5 Å². The van der Waals surface area contributed by atoms with E-state index in [0.29, 0.717) is 6.61 Å². The predicted molar refractivity (Wildman–Crippen MR) is 100 cm³/mol. The average molecular weight is 346 g/mol. The summed E-state index contributed by atoms with van der Waals surface area (Å²) in [5.74, 6) is -1.30. The fourth-order valence-corrected chi connectivity index (χ4v) is 2.51. The molecule has 0 fully saturated rings. The highest BCUT2D eigenvalue weighted by Gasteiger charge is 2.20. The van der Waals surface area contributed by atoms with Crippen molar-refractivity contribution >= 4 is 18.0 Å². The maximum absolute atomic E-state index is 12.2. The number of esters is 2. The summed E-state index contributed by atoms with van der Waals surface area (Å²) in [5.41, 5.74) is 0.681. The molecule has 0 unspecified atom stereocenters. The predicted octanol–water partition coefficient (Wildman–Crippen LogP) is 4.93. The van der Waals surface area contributed by atoms with E-state index in [4.69, 9.17) is 4.74 Å². The van der Waals surface area contributed by atoms with Gasteiger partial charge in [-0.25, -0.2) is 9.59 Å². The molecule has 0 radical (unpaired) electrons. The van der Waals surface area contributed by atoms with Crippen LogP contribution in [0.3, 0.4) is 0 Å². The Labute approximate surface area is 151 Å². The van der Waals surface area contributed by atoms with E-state index in [1.165, 1.54) is 45.3 Å².